The lowest BCUT2D eigenvalue weighted by molar-refractivity contribution is 0.0465. The third-order valence-corrected chi connectivity index (χ3v) is 3.51. The van der Waals surface area contributed by atoms with E-state index in [1.54, 1.807) is 12.1 Å². The van der Waals surface area contributed by atoms with Crippen LogP contribution in [0.15, 0.2) is 18.2 Å². The van der Waals surface area contributed by atoms with E-state index < -0.39 is 17.5 Å². The van der Waals surface area contributed by atoms with Crippen molar-refractivity contribution in [2.75, 3.05) is 0 Å². The molecule has 0 aliphatic heterocycles. The van der Waals surface area contributed by atoms with Crippen molar-refractivity contribution < 1.29 is 19.0 Å². The summed E-state index contributed by atoms with van der Waals surface area (Å²) in [6, 6.07) is 4.81. The van der Waals surface area contributed by atoms with E-state index in [4.69, 9.17) is 4.74 Å². The Morgan fingerprint density at radius 2 is 2.05 bits per heavy atom. The molecule has 0 bridgehead atoms. The summed E-state index contributed by atoms with van der Waals surface area (Å²) in [5.41, 5.74) is 0.0315. The van der Waals surface area contributed by atoms with Crippen molar-refractivity contribution in [3.8, 4) is 5.75 Å². The van der Waals surface area contributed by atoms with E-state index in [0.29, 0.717) is 12.1 Å². The molecule has 0 spiro atoms. The molecule has 1 amide bonds. The molecule has 1 aliphatic rings. The number of hydrogen-bond donors (Lipinski definition) is 3. The zero-order chi connectivity index (χ0) is 16.3. The third kappa shape index (κ3) is 4.59. The fraction of sp³-hybridized carbons (Fsp3) is 0.562. The highest BCUT2D eigenvalue weighted by molar-refractivity contribution is 5.68. The summed E-state index contributed by atoms with van der Waals surface area (Å²) in [4.78, 5) is 11.6. The molecule has 1 fully saturated rings. The fourth-order valence-electron chi connectivity index (χ4n) is 2.33. The van der Waals surface area contributed by atoms with Crippen LogP contribution in [0.25, 0.3) is 0 Å². The maximum Gasteiger partial charge on any atom is 0.407 e. The molecule has 0 aromatic heterocycles. The summed E-state index contributed by atoms with van der Waals surface area (Å²) in [5, 5.41) is 15.6. The molecule has 1 aromatic carbocycles. The maximum atomic E-state index is 13.2. The molecular weight excluding hydrogens is 287 g/mol. The number of amides is 1. The van der Waals surface area contributed by atoms with E-state index >= 15 is 0 Å². The molecule has 1 saturated carbocycles. The Morgan fingerprint density at radius 3 is 2.68 bits per heavy atom. The van der Waals surface area contributed by atoms with E-state index in [9.17, 15) is 14.3 Å². The minimum Gasteiger partial charge on any atom is -0.505 e. The van der Waals surface area contributed by atoms with Gasteiger partial charge in [-0.25, -0.2) is 9.18 Å². The second-order valence-electron chi connectivity index (χ2n) is 6.64. The monoisotopic (exact) mass is 310 g/mol. The number of ether oxygens (including phenoxy) is 1. The number of nitrogens with one attached hydrogen (secondary N) is 2. The highest BCUT2D eigenvalue weighted by atomic mass is 19.1. The predicted molar refractivity (Wildman–Crippen MR) is 81.1 cm³/mol. The van der Waals surface area contributed by atoms with Gasteiger partial charge in [-0.05, 0) is 39.7 Å². The zero-order valence-electron chi connectivity index (χ0n) is 13.1. The van der Waals surface area contributed by atoms with E-state index in [0.717, 1.165) is 12.8 Å². The molecule has 3 N–H and O–H groups in total. The highest BCUT2D eigenvalue weighted by Crippen LogP contribution is 2.24. The zero-order valence-corrected chi connectivity index (χ0v) is 13.1. The number of alkyl carbamates (subject to hydrolysis) is 1. The summed E-state index contributed by atoms with van der Waals surface area (Å²) in [7, 11) is 0. The van der Waals surface area contributed by atoms with Crippen LogP contribution in [0.2, 0.25) is 0 Å². The molecule has 2 rings (SSSR count). The van der Waals surface area contributed by atoms with E-state index in [1.165, 1.54) is 6.07 Å². The quantitative estimate of drug-likeness (QED) is 0.799. The number of phenolic OH excluding ortho intramolecular Hbond substituents is 1. The number of benzene rings is 1. The van der Waals surface area contributed by atoms with Crippen molar-refractivity contribution in [3.05, 3.63) is 29.6 Å². The van der Waals surface area contributed by atoms with Crippen molar-refractivity contribution >= 4 is 6.09 Å². The smallest absolute Gasteiger partial charge is 0.407 e. The van der Waals surface area contributed by atoms with Crippen molar-refractivity contribution in [2.45, 2.75) is 57.8 Å². The number of rotatable bonds is 4. The SMILES string of the molecule is CC(C)(C)OC(=O)NC1CC(NCc2cccc(F)c2O)C1. The first-order valence-corrected chi connectivity index (χ1v) is 7.44. The Hall–Kier alpha value is -1.82. The van der Waals surface area contributed by atoms with Gasteiger partial charge in [-0.3, -0.25) is 0 Å². The molecule has 1 aliphatic carbocycles. The average Bonchev–Trinajstić information content (AvgIpc) is 2.34. The molecule has 1 aromatic rings. The van der Waals surface area contributed by atoms with Crippen LogP contribution < -0.4 is 10.6 Å². The summed E-state index contributed by atoms with van der Waals surface area (Å²) in [6.07, 6.45) is 1.17. The first kappa shape index (κ1) is 16.5. The Kier molecular flexibility index (Phi) is 4.90. The van der Waals surface area contributed by atoms with Crippen LogP contribution in [0.3, 0.4) is 0 Å². The molecular formula is C16H23FN2O3. The number of phenols is 1. The van der Waals surface area contributed by atoms with Gasteiger partial charge in [-0.2, -0.15) is 0 Å². The number of carbonyl (C=O) groups is 1. The minimum atomic E-state index is -0.614. The summed E-state index contributed by atoms with van der Waals surface area (Å²) < 4.78 is 18.4. The highest BCUT2D eigenvalue weighted by Gasteiger charge is 2.31. The molecule has 122 valence electrons. The van der Waals surface area contributed by atoms with Crippen LogP contribution in [-0.2, 0) is 11.3 Å². The third-order valence-electron chi connectivity index (χ3n) is 3.51. The number of aromatic hydroxyl groups is 1. The molecule has 0 unspecified atom stereocenters. The summed E-state index contributed by atoms with van der Waals surface area (Å²) in [6.45, 7) is 5.86. The second-order valence-corrected chi connectivity index (χ2v) is 6.64. The van der Waals surface area contributed by atoms with Gasteiger partial charge in [0.1, 0.15) is 5.60 Å². The van der Waals surface area contributed by atoms with Gasteiger partial charge in [0.2, 0.25) is 0 Å². The van der Waals surface area contributed by atoms with Crippen LogP contribution >= 0.6 is 0 Å². The van der Waals surface area contributed by atoms with Gasteiger partial charge in [0.05, 0.1) is 0 Å². The number of para-hydroxylation sites is 1. The maximum absolute atomic E-state index is 13.2. The van der Waals surface area contributed by atoms with Crippen molar-refractivity contribution in [1.29, 1.82) is 0 Å². The Balaban J connectivity index is 1.69. The number of halogens is 1. The molecule has 0 atom stereocenters. The molecule has 6 heteroatoms. The van der Waals surface area contributed by atoms with Gasteiger partial charge < -0.3 is 20.5 Å². The van der Waals surface area contributed by atoms with E-state index in [2.05, 4.69) is 10.6 Å². The van der Waals surface area contributed by atoms with Gasteiger partial charge >= 0.3 is 6.09 Å². The molecule has 0 radical (unpaired) electrons. The number of hydrogen-bond acceptors (Lipinski definition) is 4. The van der Waals surface area contributed by atoms with Crippen molar-refractivity contribution in [1.82, 2.24) is 10.6 Å². The van der Waals surface area contributed by atoms with E-state index in [1.807, 2.05) is 20.8 Å². The lowest BCUT2D eigenvalue weighted by Crippen LogP contribution is -2.52. The average molecular weight is 310 g/mol. The fourth-order valence-corrected chi connectivity index (χ4v) is 2.33. The topological polar surface area (TPSA) is 70.6 Å². The predicted octanol–water partition coefficient (Wildman–Crippen LogP) is 2.68. The first-order chi connectivity index (χ1) is 10.2. The van der Waals surface area contributed by atoms with Gasteiger partial charge in [-0.15, -0.1) is 0 Å². The van der Waals surface area contributed by atoms with Gasteiger partial charge in [-0.1, -0.05) is 12.1 Å². The van der Waals surface area contributed by atoms with Crippen LogP contribution in [0.1, 0.15) is 39.2 Å². The first-order valence-electron chi connectivity index (χ1n) is 7.44. The van der Waals surface area contributed by atoms with Crippen molar-refractivity contribution in [2.24, 2.45) is 0 Å². The van der Waals surface area contributed by atoms with Crippen LogP contribution in [0.4, 0.5) is 9.18 Å². The standard InChI is InChI=1S/C16H23FN2O3/c1-16(2,3)22-15(21)19-12-7-11(8-12)18-9-10-5-4-6-13(17)14(10)20/h4-6,11-12,18,20H,7-9H2,1-3H3,(H,19,21). The second kappa shape index (κ2) is 6.52. The molecule has 0 heterocycles. The minimum absolute atomic E-state index is 0.0912. The van der Waals surface area contributed by atoms with Crippen LogP contribution in [0.5, 0.6) is 5.75 Å². The van der Waals surface area contributed by atoms with Crippen LogP contribution in [0, 0.1) is 5.82 Å². The molecule has 0 saturated heterocycles. The molecule has 22 heavy (non-hydrogen) atoms. The van der Waals surface area contributed by atoms with Crippen LogP contribution in [-0.4, -0.2) is 28.9 Å². The van der Waals surface area contributed by atoms with Gasteiger partial charge in [0.15, 0.2) is 11.6 Å². The Bertz CT molecular complexity index is 537. The van der Waals surface area contributed by atoms with Gasteiger partial charge in [0, 0.05) is 24.2 Å². The lowest BCUT2D eigenvalue weighted by Gasteiger charge is -2.36. The summed E-state index contributed by atoms with van der Waals surface area (Å²) in [5.74, 6) is -0.921. The van der Waals surface area contributed by atoms with Crippen molar-refractivity contribution in [3.63, 3.8) is 0 Å². The summed E-state index contributed by atoms with van der Waals surface area (Å²) >= 11 is 0. The normalized spacial score (nSPS) is 21.1. The number of carbonyl (C=O) groups excluding carboxylic acids is 1. The lowest BCUT2D eigenvalue weighted by atomic mass is 9.86. The Labute approximate surface area is 129 Å². The van der Waals surface area contributed by atoms with Gasteiger partial charge in [0.25, 0.3) is 0 Å². The Morgan fingerprint density at radius 1 is 1.36 bits per heavy atom. The molecule has 5 nitrogen and oxygen atoms in total. The largest absolute Gasteiger partial charge is 0.505 e. The van der Waals surface area contributed by atoms with E-state index in [-0.39, 0.29) is 17.8 Å².